The van der Waals surface area contributed by atoms with Crippen molar-refractivity contribution in [3.8, 4) is 28.4 Å². The number of carbonyl (C=O) groups excluding carboxylic acids is 1. The molecule has 3 heteroatoms. The second kappa shape index (κ2) is 7.34. The first-order valence-electron chi connectivity index (χ1n) is 8.69. The van der Waals surface area contributed by atoms with Gasteiger partial charge in [-0.2, -0.15) is 0 Å². The quantitative estimate of drug-likeness (QED) is 0.422. The van der Waals surface area contributed by atoms with Crippen molar-refractivity contribution in [3.05, 3.63) is 102 Å². The van der Waals surface area contributed by atoms with Crippen LogP contribution in [0.4, 0.5) is 0 Å². The summed E-state index contributed by atoms with van der Waals surface area (Å²) in [6.07, 6.45) is 0. The van der Waals surface area contributed by atoms with Gasteiger partial charge in [0.05, 0.1) is 12.7 Å². The summed E-state index contributed by atoms with van der Waals surface area (Å²) in [5.41, 5.74) is 2.95. The van der Waals surface area contributed by atoms with Crippen LogP contribution in [0.1, 0.15) is 15.9 Å². The van der Waals surface area contributed by atoms with E-state index >= 15 is 0 Å². The highest BCUT2D eigenvalue weighted by molar-refractivity contribution is 6.12. The molecule has 0 amide bonds. The minimum absolute atomic E-state index is 0.0574. The molecule has 1 heterocycles. The third-order valence-electron chi connectivity index (χ3n) is 4.42. The van der Waals surface area contributed by atoms with Crippen LogP contribution in [0, 0.1) is 0 Å². The Bertz CT molecular complexity index is 1050. The van der Waals surface area contributed by atoms with Gasteiger partial charge in [0.15, 0.2) is 5.78 Å². The summed E-state index contributed by atoms with van der Waals surface area (Å²) < 4.78 is 11.4. The molecular formula is C24H18O3. The average molecular weight is 354 g/mol. The summed E-state index contributed by atoms with van der Waals surface area (Å²) in [6, 6.07) is 28.3. The van der Waals surface area contributed by atoms with Gasteiger partial charge in [-0.25, -0.2) is 0 Å². The van der Waals surface area contributed by atoms with E-state index in [4.69, 9.17) is 9.15 Å². The second-order valence-electron chi connectivity index (χ2n) is 6.14. The first-order chi connectivity index (χ1) is 13.3. The lowest BCUT2D eigenvalue weighted by Crippen LogP contribution is -2.00. The highest BCUT2D eigenvalue weighted by Crippen LogP contribution is 2.34. The van der Waals surface area contributed by atoms with E-state index in [1.165, 1.54) is 0 Å². The van der Waals surface area contributed by atoms with E-state index in [0.29, 0.717) is 22.6 Å². The SMILES string of the molecule is COc1ccc(-c2cc(C(=O)c3ccccc3)c(-c3ccccc3)o2)cc1. The summed E-state index contributed by atoms with van der Waals surface area (Å²) >= 11 is 0. The summed E-state index contributed by atoms with van der Waals surface area (Å²) in [4.78, 5) is 13.1. The molecule has 0 aliphatic rings. The predicted octanol–water partition coefficient (Wildman–Crippen LogP) is 5.85. The maximum atomic E-state index is 13.1. The Hall–Kier alpha value is -3.59. The van der Waals surface area contributed by atoms with Gasteiger partial charge >= 0.3 is 0 Å². The van der Waals surface area contributed by atoms with Crippen LogP contribution >= 0.6 is 0 Å². The fourth-order valence-electron chi connectivity index (χ4n) is 3.01. The Morgan fingerprint density at radius 2 is 1.41 bits per heavy atom. The number of hydrogen-bond donors (Lipinski definition) is 0. The van der Waals surface area contributed by atoms with Gasteiger partial charge in [-0.1, -0.05) is 60.7 Å². The van der Waals surface area contributed by atoms with Gasteiger partial charge in [0.25, 0.3) is 0 Å². The van der Waals surface area contributed by atoms with Gasteiger partial charge in [0.1, 0.15) is 17.3 Å². The molecule has 1 aromatic heterocycles. The molecule has 27 heavy (non-hydrogen) atoms. The van der Waals surface area contributed by atoms with Crippen molar-refractivity contribution in [2.45, 2.75) is 0 Å². The molecular weight excluding hydrogens is 336 g/mol. The van der Waals surface area contributed by atoms with Crippen LogP contribution in [0.25, 0.3) is 22.6 Å². The lowest BCUT2D eigenvalue weighted by atomic mass is 10.00. The number of methoxy groups -OCH3 is 1. The standard InChI is InChI=1S/C24H18O3/c1-26-20-14-12-17(13-15-20)22-16-21(23(25)18-8-4-2-5-9-18)24(27-22)19-10-6-3-7-11-19/h2-16H,1H3. The molecule has 3 aromatic carbocycles. The zero-order valence-corrected chi connectivity index (χ0v) is 14.9. The van der Waals surface area contributed by atoms with Crippen molar-refractivity contribution in [2.24, 2.45) is 0 Å². The molecule has 4 aromatic rings. The zero-order valence-electron chi connectivity index (χ0n) is 14.9. The van der Waals surface area contributed by atoms with Crippen molar-refractivity contribution in [3.63, 3.8) is 0 Å². The van der Waals surface area contributed by atoms with Gasteiger partial charge in [-0.3, -0.25) is 4.79 Å². The van der Waals surface area contributed by atoms with E-state index in [1.807, 2.05) is 91.0 Å². The van der Waals surface area contributed by atoms with Crippen LogP contribution in [0.15, 0.2) is 95.4 Å². The third kappa shape index (κ3) is 3.40. The van der Waals surface area contributed by atoms with Gasteiger partial charge in [0.2, 0.25) is 0 Å². The Morgan fingerprint density at radius 3 is 2.04 bits per heavy atom. The smallest absolute Gasteiger partial charge is 0.196 e. The molecule has 4 rings (SSSR count). The predicted molar refractivity (Wildman–Crippen MR) is 106 cm³/mol. The van der Waals surface area contributed by atoms with Crippen LogP contribution in [-0.2, 0) is 0 Å². The molecule has 3 nitrogen and oxygen atoms in total. The molecule has 0 aliphatic heterocycles. The Morgan fingerprint density at radius 1 is 0.778 bits per heavy atom. The Balaban J connectivity index is 1.83. The normalized spacial score (nSPS) is 10.6. The van der Waals surface area contributed by atoms with Crippen LogP contribution < -0.4 is 4.74 Å². The first-order valence-corrected chi connectivity index (χ1v) is 8.69. The maximum Gasteiger partial charge on any atom is 0.196 e. The molecule has 0 fully saturated rings. The van der Waals surface area contributed by atoms with Crippen molar-refractivity contribution in [1.29, 1.82) is 0 Å². The van der Waals surface area contributed by atoms with Crippen molar-refractivity contribution < 1.29 is 13.9 Å². The van der Waals surface area contributed by atoms with Crippen molar-refractivity contribution >= 4 is 5.78 Å². The van der Waals surface area contributed by atoms with Crippen LogP contribution in [-0.4, -0.2) is 12.9 Å². The van der Waals surface area contributed by atoms with Crippen LogP contribution in [0.5, 0.6) is 5.75 Å². The topological polar surface area (TPSA) is 39.4 Å². The summed E-state index contributed by atoms with van der Waals surface area (Å²) in [5, 5.41) is 0. The monoisotopic (exact) mass is 354 g/mol. The average Bonchev–Trinajstić information content (AvgIpc) is 3.20. The molecule has 0 bridgehead atoms. The molecule has 0 atom stereocenters. The molecule has 0 saturated carbocycles. The number of ketones is 1. The number of carbonyl (C=O) groups is 1. The molecule has 0 radical (unpaired) electrons. The maximum absolute atomic E-state index is 13.1. The summed E-state index contributed by atoms with van der Waals surface area (Å²) in [6.45, 7) is 0. The first kappa shape index (κ1) is 16.9. The van der Waals surface area contributed by atoms with E-state index in [1.54, 1.807) is 7.11 Å². The fourth-order valence-corrected chi connectivity index (χ4v) is 3.01. The van der Waals surface area contributed by atoms with Crippen LogP contribution in [0.3, 0.4) is 0 Å². The zero-order chi connectivity index (χ0) is 18.6. The van der Waals surface area contributed by atoms with Gasteiger partial charge in [-0.05, 0) is 30.3 Å². The van der Waals surface area contributed by atoms with Gasteiger partial charge < -0.3 is 9.15 Å². The number of hydrogen-bond acceptors (Lipinski definition) is 3. The van der Waals surface area contributed by atoms with E-state index in [-0.39, 0.29) is 5.78 Å². The highest BCUT2D eigenvalue weighted by Gasteiger charge is 2.21. The van der Waals surface area contributed by atoms with E-state index in [2.05, 4.69) is 0 Å². The molecule has 0 aliphatic carbocycles. The van der Waals surface area contributed by atoms with Gasteiger partial charge in [-0.15, -0.1) is 0 Å². The Labute approximate surface area is 157 Å². The van der Waals surface area contributed by atoms with Crippen LogP contribution in [0.2, 0.25) is 0 Å². The molecule has 0 unspecified atom stereocenters. The minimum atomic E-state index is -0.0574. The van der Waals surface area contributed by atoms with Crippen molar-refractivity contribution in [1.82, 2.24) is 0 Å². The fraction of sp³-hybridized carbons (Fsp3) is 0.0417. The van der Waals surface area contributed by atoms with Gasteiger partial charge in [0, 0.05) is 16.7 Å². The lowest BCUT2D eigenvalue weighted by Gasteiger charge is -2.02. The number of ether oxygens (including phenoxy) is 1. The number of rotatable bonds is 5. The lowest BCUT2D eigenvalue weighted by molar-refractivity contribution is 0.103. The van der Waals surface area contributed by atoms with E-state index in [9.17, 15) is 4.79 Å². The van der Waals surface area contributed by atoms with Crippen molar-refractivity contribution in [2.75, 3.05) is 7.11 Å². The van der Waals surface area contributed by atoms with E-state index in [0.717, 1.165) is 16.9 Å². The molecule has 0 spiro atoms. The molecule has 0 N–H and O–H groups in total. The summed E-state index contributed by atoms with van der Waals surface area (Å²) in [7, 11) is 1.63. The largest absolute Gasteiger partial charge is 0.497 e. The molecule has 132 valence electrons. The highest BCUT2D eigenvalue weighted by atomic mass is 16.5. The number of furan rings is 1. The number of benzene rings is 3. The van der Waals surface area contributed by atoms with E-state index < -0.39 is 0 Å². The summed E-state index contributed by atoms with van der Waals surface area (Å²) in [5.74, 6) is 1.94. The third-order valence-corrected chi connectivity index (χ3v) is 4.42. The molecule has 0 saturated heterocycles. The second-order valence-corrected chi connectivity index (χ2v) is 6.14. The Kier molecular flexibility index (Phi) is 4.58. The minimum Gasteiger partial charge on any atom is -0.497 e.